The minimum atomic E-state index is 0.574. The minimum Gasteiger partial charge on any atom is -0.314 e. The minimum absolute atomic E-state index is 0.574. The van der Waals surface area contributed by atoms with Crippen LogP contribution in [0.1, 0.15) is 58.1 Å². The molecule has 0 unspecified atom stereocenters. The van der Waals surface area contributed by atoms with E-state index in [9.17, 15) is 0 Å². The third-order valence-corrected chi connectivity index (χ3v) is 4.59. The second kappa shape index (κ2) is 6.51. The van der Waals surface area contributed by atoms with Crippen LogP contribution in [0.15, 0.2) is 0 Å². The van der Waals surface area contributed by atoms with Crippen molar-refractivity contribution in [1.82, 2.24) is 20.1 Å². The largest absolute Gasteiger partial charge is 0.314 e. The molecule has 1 saturated carbocycles. The Kier molecular flexibility index (Phi) is 4.97. The van der Waals surface area contributed by atoms with Gasteiger partial charge in [0.2, 0.25) is 0 Å². The van der Waals surface area contributed by atoms with Gasteiger partial charge in [-0.3, -0.25) is 0 Å². The molecule has 1 aliphatic carbocycles. The van der Waals surface area contributed by atoms with Gasteiger partial charge in [0.15, 0.2) is 0 Å². The van der Waals surface area contributed by atoms with Gasteiger partial charge >= 0.3 is 0 Å². The Balaban J connectivity index is 1.87. The van der Waals surface area contributed by atoms with Crippen molar-refractivity contribution in [2.75, 3.05) is 0 Å². The molecule has 1 aromatic rings. The molecule has 1 N–H and O–H groups in total. The Morgan fingerprint density at radius 3 is 2.84 bits per heavy atom. The highest BCUT2D eigenvalue weighted by Crippen LogP contribution is 2.30. The lowest BCUT2D eigenvalue weighted by molar-refractivity contribution is 0.229. The molecule has 0 radical (unpaired) electrons. The molecule has 4 nitrogen and oxygen atoms in total. The van der Waals surface area contributed by atoms with Crippen LogP contribution in [-0.2, 0) is 13.1 Å². The summed E-state index contributed by atoms with van der Waals surface area (Å²) in [5.41, 5.74) is 0. The van der Waals surface area contributed by atoms with E-state index in [2.05, 4.69) is 40.9 Å². The second-order valence-electron chi connectivity index (χ2n) is 6.11. The van der Waals surface area contributed by atoms with Crippen LogP contribution in [0.3, 0.4) is 0 Å². The number of aromatic nitrogens is 3. The van der Waals surface area contributed by atoms with Crippen LogP contribution in [0.2, 0.25) is 0 Å². The number of aryl methyl sites for hydroxylation is 1. The fourth-order valence-electron chi connectivity index (χ4n) is 3.32. The molecule has 2 rings (SSSR count). The molecule has 4 heteroatoms. The van der Waals surface area contributed by atoms with Gasteiger partial charge in [-0.2, -0.15) is 0 Å². The topological polar surface area (TPSA) is 42.7 Å². The molecule has 0 saturated heterocycles. The average molecular weight is 264 g/mol. The van der Waals surface area contributed by atoms with E-state index in [1.807, 2.05) is 6.92 Å². The molecule has 108 valence electrons. The van der Waals surface area contributed by atoms with Crippen LogP contribution in [0.25, 0.3) is 0 Å². The van der Waals surface area contributed by atoms with Crippen molar-refractivity contribution in [1.29, 1.82) is 0 Å². The van der Waals surface area contributed by atoms with E-state index in [-0.39, 0.29) is 0 Å². The van der Waals surface area contributed by atoms with Crippen molar-refractivity contribution in [2.24, 2.45) is 11.8 Å². The van der Waals surface area contributed by atoms with Crippen molar-refractivity contribution < 1.29 is 0 Å². The van der Waals surface area contributed by atoms with E-state index < -0.39 is 0 Å². The summed E-state index contributed by atoms with van der Waals surface area (Å²) in [6.07, 6.45) is 5.54. The summed E-state index contributed by atoms with van der Waals surface area (Å²) in [7, 11) is 0. The summed E-state index contributed by atoms with van der Waals surface area (Å²) < 4.78 is 2.18. The molecular formula is C15H28N4. The first kappa shape index (κ1) is 14.5. The lowest BCUT2D eigenvalue weighted by atomic mass is 9.79. The van der Waals surface area contributed by atoms with Crippen LogP contribution in [0.4, 0.5) is 0 Å². The summed E-state index contributed by atoms with van der Waals surface area (Å²) in [5.74, 6) is 3.79. The summed E-state index contributed by atoms with van der Waals surface area (Å²) in [5, 5.41) is 12.1. The van der Waals surface area contributed by atoms with E-state index in [1.165, 1.54) is 25.7 Å². The number of nitrogens with one attached hydrogen (secondary N) is 1. The van der Waals surface area contributed by atoms with E-state index in [4.69, 9.17) is 0 Å². The lowest BCUT2D eigenvalue weighted by Gasteiger charge is -2.31. The van der Waals surface area contributed by atoms with E-state index >= 15 is 0 Å². The van der Waals surface area contributed by atoms with E-state index in [0.29, 0.717) is 6.04 Å². The Labute approximate surface area is 117 Å². The SMILES string of the molecule is CCn1c(C)nnc1CN[C@H](C)[C@@H]1CCC[C@H](C)C1. The van der Waals surface area contributed by atoms with Crippen molar-refractivity contribution in [3.05, 3.63) is 11.6 Å². The quantitative estimate of drug-likeness (QED) is 0.889. The molecule has 3 atom stereocenters. The van der Waals surface area contributed by atoms with Gasteiger partial charge in [-0.25, -0.2) is 0 Å². The van der Waals surface area contributed by atoms with Crippen molar-refractivity contribution in [3.8, 4) is 0 Å². The monoisotopic (exact) mass is 264 g/mol. The van der Waals surface area contributed by atoms with Crippen molar-refractivity contribution in [3.63, 3.8) is 0 Å². The Hall–Kier alpha value is -0.900. The zero-order valence-corrected chi connectivity index (χ0v) is 12.8. The first-order valence-electron chi connectivity index (χ1n) is 7.73. The average Bonchev–Trinajstić information content (AvgIpc) is 2.76. The van der Waals surface area contributed by atoms with E-state index in [0.717, 1.165) is 36.6 Å². The fourth-order valence-corrected chi connectivity index (χ4v) is 3.32. The summed E-state index contributed by atoms with van der Waals surface area (Å²) in [4.78, 5) is 0. The highest BCUT2D eigenvalue weighted by atomic mass is 15.3. The zero-order chi connectivity index (χ0) is 13.8. The van der Waals surface area contributed by atoms with Gasteiger partial charge in [-0.15, -0.1) is 10.2 Å². The van der Waals surface area contributed by atoms with Gasteiger partial charge in [0.1, 0.15) is 11.6 Å². The fraction of sp³-hybridized carbons (Fsp3) is 0.867. The standard InChI is InChI=1S/C15H28N4/c1-5-19-13(4)17-18-15(19)10-16-12(3)14-8-6-7-11(2)9-14/h11-12,14,16H,5-10H2,1-4H3/t11-,12+,14+/m0/s1. The number of nitrogens with zero attached hydrogens (tertiary/aromatic N) is 3. The molecule has 0 aromatic carbocycles. The Morgan fingerprint density at radius 2 is 2.16 bits per heavy atom. The highest BCUT2D eigenvalue weighted by Gasteiger charge is 2.23. The third kappa shape index (κ3) is 3.56. The predicted octanol–water partition coefficient (Wildman–Crippen LogP) is 2.91. The number of hydrogen-bond donors (Lipinski definition) is 1. The Morgan fingerprint density at radius 1 is 1.37 bits per heavy atom. The Bertz CT molecular complexity index is 399. The predicted molar refractivity (Wildman–Crippen MR) is 77.9 cm³/mol. The molecule has 1 aromatic heterocycles. The number of rotatable bonds is 5. The maximum Gasteiger partial charge on any atom is 0.146 e. The molecule has 1 aliphatic rings. The van der Waals surface area contributed by atoms with Gasteiger partial charge in [0.05, 0.1) is 6.54 Å². The first-order valence-corrected chi connectivity index (χ1v) is 7.73. The highest BCUT2D eigenvalue weighted by molar-refractivity contribution is 4.94. The van der Waals surface area contributed by atoms with Gasteiger partial charge < -0.3 is 9.88 Å². The van der Waals surface area contributed by atoms with Crippen LogP contribution in [0.5, 0.6) is 0 Å². The molecule has 0 bridgehead atoms. The van der Waals surface area contributed by atoms with Crippen LogP contribution >= 0.6 is 0 Å². The molecule has 19 heavy (non-hydrogen) atoms. The molecule has 0 amide bonds. The summed E-state index contributed by atoms with van der Waals surface area (Å²) in [6.45, 7) is 10.7. The molecule has 0 aliphatic heterocycles. The molecular weight excluding hydrogens is 236 g/mol. The van der Waals surface area contributed by atoms with Crippen molar-refractivity contribution >= 4 is 0 Å². The maximum absolute atomic E-state index is 4.27. The summed E-state index contributed by atoms with van der Waals surface area (Å²) >= 11 is 0. The smallest absolute Gasteiger partial charge is 0.146 e. The second-order valence-corrected chi connectivity index (χ2v) is 6.11. The first-order chi connectivity index (χ1) is 9.11. The van der Waals surface area contributed by atoms with Gasteiger partial charge in [0, 0.05) is 12.6 Å². The van der Waals surface area contributed by atoms with Crippen LogP contribution < -0.4 is 5.32 Å². The van der Waals surface area contributed by atoms with E-state index in [1.54, 1.807) is 0 Å². The normalized spacial score (nSPS) is 25.5. The van der Waals surface area contributed by atoms with Gasteiger partial charge in [-0.1, -0.05) is 19.8 Å². The van der Waals surface area contributed by atoms with Crippen LogP contribution in [0, 0.1) is 18.8 Å². The maximum atomic E-state index is 4.27. The lowest BCUT2D eigenvalue weighted by Crippen LogP contribution is -2.36. The van der Waals surface area contributed by atoms with Crippen molar-refractivity contribution in [2.45, 2.75) is 72.5 Å². The van der Waals surface area contributed by atoms with Gasteiger partial charge in [-0.05, 0) is 45.4 Å². The summed E-state index contributed by atoms with van der Waals surface area (Å²) in [6, 6.07) is 0.574. The molecule has 0 spiro atoms. The zero-order valence-electron chi connectivity index (χ0n) is 12.8. The van der Waals surface area contributed by atoms with Crippen LogP contribution in [-0.4, -0.2) is 20.8 Å². The van der Waals surface area contributed by atoms with Gasteiger partial charge in [0.25, 0.3) is 0 Å². The third-order valence-electron chi connectivity index (χ3n) is 4.59. The molecule has 1 fully saturated rings. The molecule has 1 heterocycles. The number of hydrogen-bond acceptors (Lipinski definition) is 3.